The number of aliphatic hydroxyl groups excluding tert-OH is 1. The Morgan fingerprint density at radius 2 is 1.46 bits per heavy atom. The van der Waals surface area contributed by atoms with Crippen LogP contribution < -0.4 is 0 Å². The molecule has 1 aliphatic carbocycles. The molecule has 2 fully saturated rings. The molecular weight excluding hydrogens is 326 g/mol. The van der Waals surface area contributed by atoms with Crippen LogP contribution in [-0.4, -0.2) is 27.7 Å². The summed E-state index contributed by atoms with van der Waals surface area (Å²) in [5.41, 5.74) is 1.60. The number of carbonyl (C=O) groups is 2. The summed E-state index contributed by atoms with van der Waals surface area (Å²) in [6.45, 7) is 0. The zero-order chi connectivity index (χ0) is 18.1. The number of hydrogen-bond acceptors (Lipinski definition) is 3. The molecule has 132 valence electrons. The van der Waals surface area contributed by atoms with Crippen LogP contribution in [0.2, 0.25) is 0 Å². The molecule has 4 rings (SSSR count). The zero-order valence-electron chi connectivity index (χ0n) is 14.5. The number of rotatable bonds is 3. The highest BCUT2D eigenvalue weighted by molar-refractivity contribution is 6.46. The molecule has 1 unspecified atom stereocenters. The van der Waals surface area contributed by atoms with Gasteiger partial charge >= 0.3 is 0 Å². The predicted octanol–water partition coefficient (Wildman–Crippen LogP) is 4.05. The second-order valence-corrected chi connectivity index (χ2v) is 6.92. The molecular formula is C22H21NO3. The van der Waals surface area contributed by atoms with E-state index in [0.29, 0.717) is 5.56 Å². The maximum Gasteiger partial charge on any atom is 0.295 e. The lowest BCUT2D eigenvalue weighted by molar-refractivity contribution is -0.141. The second kappa shape index (κ2) is 6.79. The molecule has 1 amide bonds. The number of nitrogens with zero attached hydrogens (tertiary/aromatic N) is 1. The Morgan fingerprint density at radius 1 is 0.885 bits per heavy atom. The number of amides is 1. The lowest BCUT2D eigenvalue weighted by Crippen LogP contribution is -2.37. The van der Waals surface area contributed by atoms with Gasteiger partial charge in [0.2, 0.25) is 0 Å². The summed E-state index contributed by atoms with van der Waals surface area (Å²) >= 11 is 0. The number of carbonyl (C=O) groups excluding carboxylic acids is 2. The quantitative estimate of drug-likeness (QED) is 0.518. The molecule has 0 aromatic heterocycles. The number of ketones is 1. The van der Waals surface area contributed by atoms with Gasteiger partial charge in [-0.15, -0.1) is 0 Å². The highest BCUT2D eigenvalue weighted by atomic mass is 16.3. The van der Waals surface area contributed by atoms with E-state index in [1.807, 2.05) is 36.4 Å². The Kier molecular flexibility index (Phi) is 4.33. The number of Topliss-reactive ketones (excluding diaryl/α,β-unsaturated/α-hetero) is 1. The Morgan fingerprint density at radius 3 is 2.08 bits per heavy atom. The normalized spacial score (nSPS) is 22.9. The first kappa shape index (κ1) is 16.6. The first-order chi connectivity index (χ1) is 12.7. The minimum atomic E-state index is -0.591. The van der Waals surface area contributed by atoms with Crippen LogP contribution >= 0.6 is 0 Å². The number of benzene rings is 2. The second-order valence-electron chi connectivity index (χ2n) is 6.92. The number of hydrogen-bond donors (Lipinski definition) is 1. The van der Waals surface area contributed by atoms with Crippen LogP contribution in [0.3, 0.4) is 0 Å². The third-order valence-electron chi connectivity index (χ3n) is 5.36. The Hall–Kier alpha value is -2.88. The Balaban J connectivity index is 1.88. The van der Waals surface area contributed by atoms with E-state index in [1.165, 1.54) is 0 Å². The standard InChI is InChI=1S/C22H21NO3/c24-20(16-11-5-2-6-12-16)18-19(15-9-3-1-4-10-15)23(22(26)21(18)25)17-13-7-8-14-17/h1-6,9-12,17,19,24H,7-8,13-14H2/b20-18-. The highest BCUT2D eigenvalue weighted by Gasteiger charge is 2.49. The van der Waals surface area contributed by atoms with Crippen molar-refractivity contribution in [3.8, 4) is 0 Å². The third-order valence-corrected chi connectivity index (χ3v) is 5.36. The van der Waals surface area contributed by atoms with Crippen LogP contribution in [-0.2, 0) is 9.59 Å². The van der Waals surface area contributed by atoms with Gasteiger partial charge < -0.3 is 10.0 Å². The first-order valence-electron chi connectivity index (χ1n) is 9.09. The molecule has 4 heteroatoms. The molecule has 2 aliphatic rings. The Labute approximate surface area is 152 Å². The molecule has 1 saturated carbocycles. The van der Waals surface area contributed by atoms with E-state index in [2.05, 4.69) is 0 Å². The fourth-order valence-electron chi connectivity index (χ4n) is 4.12. The van der Waals surface area contributed by atoms with E-state index < -0.39 is 17.7 Å². The van der Waals surface area contributed by atoms with Crippen molar-refractivity contribution >= 4 is 17.4 Å². The maximum atomic E-state index is 12.9. The topological polar surface area (TPSA) is 57.6 Å². The summed E-state index contributed by atoms with van der Waals surface area (Å²) in [5, 5.41) is 10.9. The summed E-state index contributed by atoms with van der Waals surface area (Å²) in [4.78, 5) is 27.4. The fraction of sp³-hybridized carbons (Fsp3) is 0.273. The summed E-state index contributed by atoms with van der Waals surface area (Å²) < 4.78 is 0. The van der Waals surface area contributed by atoms with Crippen LogP contribution in [0.25, 0.3) is 5.76 Å². The van der Waals surface area contributed by atoms with Crippen molar-refractivity contribution in [1.29, 1.82) is 0 Å². The molecule has 1 heterocycles. The van der Waals surface area contributed by atoms with Gasteiger partial charge in [0.1, 0.15) is 5.76 Å². The SMILES string of the molecule is O=C1C(=O)N(C2CCCC2)C(c2ccccc2)/C1=C(/O)c1ccccc1. The lowest BCUT2D eigenvalue weighted by Gasteiger charge is -2.30. The monoisotopic (exact) mass is 347 g/mol. The average molecular weight is 347 g/mol. The lowest BCUT2D eigenvalue weighted by atomic mass is 9.94. The van der Waals surface area contributed by atoms with E-state index in [9.17, 15) is 14.7 Å². The van der Waals surface area contributed by atoms with Gasteiger partial charge in [-0.3, -0.25) is 9.59 Å². The van der Waals surface area contributed by atoms with Gasteiger partial charge in [-0.05, 0) is 18.4 Å². The number of likely N-dealkylation sites (tertiary alicyclic amines) is 1. The summed E-state index contributed by atoms with van der Waals surface area (Å²) in [6.07, 6.45) is 3.94. The van der Waals surface area contributed by atoms with Gasteiger partial charge in [-0.25, -0.2) is 0 Å². The number of aliphatic hydroxyl groups is 1. The molecule has 0 radical (unpaired) electrons. The van der Waals surface area contributed by atoms with Crippen molar-refractivity contribution in [2.75, 3.05) is 0 Å². The first-order valence-corrected chi connectivity index (χ1v) is 9.09. The molecule has 4 nitrogen and oxygen atoms in total. The molecule has 26 heavy (non-hydrogen) atoms. The van der Waals surface area contributed by atoms with Gasteiger partial charge in [0.25, 0.3) is 11.7 Å². The third kappa shape index (κ3) is 2.71. The predicted molar refractivity (Wildman–Crippen MR) is 99.3 cm³/mol. The van der Waals surface area contributed by atoms with Crippen LogP contribution in [0, 0.1) is 0 Å². The van der Waals surface area contributed by atoms with Gasteiger partial charge in [0.05, 0.1) is 11.6 Å². The molecule has 2 aromatic carbocycles. The smallest absolute Gasteiger partial charge is 0.295 e. The van der Waals surface area contributed by atoms with Gasteiger partial charge in [0, 0.05) is 11.6 Å². The highest BCUT2D eigenvalue weighted by Crippen LogP contribution is 2.43. The van der Waals surface area contributed by atoms with Crippen LogP contribution in [0.15, 0.2) is 66.2 Å². The largest absolute Gasteiger partial charge is 0.507 e. The van der Waals surface area contributed by atoms with Crippen molar-refractivity contribution in [3.63, 3.8) is 0 Å². The zero-order valence-corrected chi connectivity index (χ0v) is 14.5. The average Bonchev–Trinajstić information content (AvgIpc) is 3.30. The van der Waals surface area contributed by atoms with E-state index in [-0.39, 0.29) is 17.4 Å². The van der Waals surface area contributed by atoms with Crippen molar-refractivity contribution in [2.24, 2.45) is 0 Å². The summed E-state index contributed by atoms with van der Waals surface area (Å²) in [6, 6.07) is 18.0. The van der Waals surface area contributed by atoms with Crippen molar-refractivity contribution in [1.82, 2.24) is 4.90 Å². The van der Waals surface area contributed by atoms with Crippen LogP contribution in [0.5, 0.6) is 0 Å². The molecule has 1 atom stereocenters. The van der Waals surface area contributed by atoms with Crippen molar-refractivity contribution in [3.05, 3.63) is 77.4 Å². The minimum Gasteiger partial charge on any atom is -0.507 e. The molecule has 2 aromatic rings. The minimum absolute atomic E-state index is 0.0535. The molecule has 0 spiro atoms. The van der Waals surface area contributed by atoms with Crippen LogP contribution in [0.4, 0.5) is 0 Å². The fourth-order valence-corrected chi connectivity index (χ4v) is 4.12. The van der Waals surface area contributed by atoms with E-state index in [1.54, 1.807) is 29.2 Å². The molecule has 0 bridgehead atoms. The van der Waals surface area contributed by atoms with E-state index in [4.69, 9.17) is 0 Å². The van der Waals surface area contributed by atoms with Gasteiger partial charge in [-0.2, -0.15) is 0 Å². The van der Waals surface area contributed by atoms with E-state index >= 15 is 0 Å². The summed E-state index contributed by atoms with van der Waals surface area (Å²) in [7, 11) is 0. The van der Waals surface area contributed by atoms with E-state index in [0.717, 1.165) is 31.2 Å². The van der Waals surface area contributed by atoms with Gasteiger partial charge in [-0.1, -0.05) is 73.5 Å². The molecule has 1 aliphatic heterocycles. The Bertz CT molecular complexity index is 851. The van der Waals surface area contributed by atoms with Gasteiger partial charge in [0.15, 0.2) is 0 Å². The van der Waals surface area contributed by atoms with Crippen molar-refractivity contribution in [2.45, 2.75) is 37.8 Å². The van der Waals surface area contributed by atoms with Crippen molar-refractivity contribution < 1.29 is 14.7 Å². The maximum absolute atomic E-state index is 12.9. The summed E-state index contributed by atoms with van der Waals surface area (Å²) in [5.74, 6) is -1.19. The molecule has 1 N–H and O–H groups in total. The van der Waals surface area contributed by atoms with Crippen LogP contribution in [0.1, 0.15) is 42.9 Å². The molecule has 1 saturated heterocycles.